The maximum atomic E-state index is 13.3. The summed E-state index contributed by atoms with van der Waals surface area (Å²) in [6, 6.07) is 1.72. The molecular weight excluding hydrogens is 339 g/mol. The summed E-state index contributed by atoms with van der Waals surface area (Å²) >= 11 is 0. The number of ether oxygens (including phenoxy) is 2. The number of anilines is 1. The van der Waals surface area contributed by atoms with Gasteiger partial charge in [-0.25, -0.2) is 4.79 Å². The lowest BCUT2D eigenvalue weighted by Crippen LogP contribution is -2.52. The molecule has 1 aromatic rings. The Kier molecular flexibility index (Phi) is 4.83. The van der Waals surface area contributed by atoms with Gasteiger partial charge in [-0.2, -0.15) is 13.2 Å². The number of hydrogen-bond donors (Lipinski definition) is 0. The van der Waals surface area contributed by atoms with Crippen LogP contribution in [-0.4, -0.2) is 31.1 Å². The fourth-order valence-corrected chi connectivity index (χ4v) is 2.57. The summed E-state index contributed by atoms with van der Waals surface area (Å²) in [7, 11) is 0.988. The molecule has 0 fully saturated rings. The Morgan fingerprint density at radius 1 is 1.40 bits per heavy atom. The van der Waals surface area contributed by atoms with Gasteiger partial charge < -0.3 is 14.4 Å². The molecule has 5 nitrogen and oxygen atoms in total. The lowest BCUT2D eigenvalue weighted by Gasteiger charge is -2.39. The molecule has 1 aliphatic heterocycles. The summed E-state index contributed by atoms with van der Waals surface area (Å²) in [5.41, 5.74) is -3.08. The van der Waals surface area contributed by atoms with E-state index in [-0.39, 0.29) is 18.0 Å². The Hall–Kier alpha value is -2.51. The van der Waals surface area contributed by atoms with Crippen LogP contribution in [0.1, 0.15) is 36.2 Å². The number of rotatable bonds is 4. The van der Waals surface area contributed by atoms with Gasteiger partial charge in [0, 0.05) is 6.54 Å². The van der Waals surface area contributed by atoms with E-state index in [0.29, 0.717) is 6.42 Å². The number of alkyl halides is 3. The number of amides is 1. The highest BCUT2D eigenvalue weighted by molar-refractivity contribution is 6.04. The lowest BCUT2D eigenvalue weighted by atomic mass is 9.99. The van der Waals surface area contributed by atoms with Crippen molar-refractivity contribution in [3.63, 3.8) is 0 Å². The van der Waals surface area contributed by atoms with Crippen LogP contribution in [-0.2, 0) is 15.7 Å². The van der Waals surface area contributed by atoms with E-state index in [1.165, 1.54) is 18.7 Å². The number of carbonyl (C=O) groups is 2. The second kappa shape index (κ2) is 6.42. The van der Waals surface area contributed by atoms with Crippen LogP contribution in [0.5, 0.6) is 5.75 Å². The highest BCUT2D eigenvalue weighted by Gasteiger charge is 2.44. The first-order valence-electron chi connectivity index (χ1n) is 7.48. The van der Waals surface area contributed by atoms with Crippen molar-refractivity contribution in [1.29, 1.82) is 0 Å². The Balaban J connectivity index is 2.70. The molecule has 0 aromatic heterocycles. The average Bonchev–Trinajstić information content (AvgIpc) is 2.52. The third kappa shape index (κ3) is 3.47. The van der Waals surface area contributed by atoms with E-state index in [2.05, 4.69) is 11.3 Å². The maximum absolute atomic E-state index is 13.3. The van der Waals surface area contributed by atoms with Gasteiger partial charge in [-0.05, 0) is 32.4 Å². The summed E-state index contributed by atoms with van der Waals surface area (Å²) in [6.45, 7) is 6.72. The van der Waals surface area contributed by atoms with Crippen LogP contribution in [0.15, 0.2) is 24.8 Å². The lowest BCUT2D eigenvalue weighted by molar-refractivity contribution is -0.138. The molecule has 0 saturated heterocycles. The zero-order valence-electron chi connectivity index (χ0n) is 14.1. The van der Waals surface area contributed by atoms with Crippen molar-refractivity contribution < 1.29 is 32.2 Å². The quantitative estimate of drug-likeness (QED) is 0.611. The molecule has 136 valence electrons. The van der Waals surface area contributed by atoms with E-state index in [9.17, 15) is 22.8 Å². The zero-order chi connectivity index (χ0) is 19.0. The van der Waals surface area contributed by atoms with E-state index < -0.39 is 34.8 Å². The van der Waals surface area contributed by atoms with Crippen molar-refractivity contribution >= 4 is 17.6 Å². The van der Waals surface area contributed by atoms with Crippen LogP contribution in [0, 0.1) is 0 Å². The molecule has 8 heteroatoms. The van der Waals surface area contributed by atoms with Crippen molar-refractivity contribution in [2.24, 2.45) is 0 Å². The highest BCUT2D eigenvalue weighted by atomic mass is 19.4. The molecule has 1 aromatic carbocycles. The van der Waals surface area contributed by atoms with Crippen LogP contribution in [0.25, 0.3) is 0 Å². The normalized spacial score (nSPS) is 16.1. The zero-order valence-corrected chi connectivity index (χ0v) is 14.1. The van der Waals surface area contributed by atoms with E-state index in [1.54, 1.807) is 6.08 Å². The third-order valence-corrected chi connectivity index (χ3v) is 3.78. The molecule has 1 heterocycles. The first kappa shape index (κ1) is 18.8. The van der Waals surface area contributed by atoms with Crippen molar-refractivity contribution in [3.05, 3.63) is 35.9 Å². The largest absolute Gasteiger partial charge is 0.476 e. The van der Waals surface area contributed by atoms with Crippen LogP contribution in [0.3, 0.4) is 0 Å². The Morgan fingerprint density at radius 3 is 2.56 bits per heavy atom. The first-order valence-corrected chi connectivity index (χ1v) is 7.48. The summed E-state index contributed by atoms with van der Waals surface area (Å²) in [5.74, 6) is -1.68. The molecule has 1 aliphatic rings. The number of fused-ring (bicyclic) bond motifs is 1. The van der Waals surface area contributed by atoms with E-state index in [0.717, 1.165) is 19.2 Å². The predicted molar refractivity (Wildman–Crippen MR) is 84.7 cm³/mol. The van der Waals surface area contributed by atoms with Gasteiger partial charge in [-0.1, -0.05) is 6.08 Å². The number of esters is 1. The predicted octanol–water partition coefficient (Wildman–Crippen LogP) is 3.57. The molecule has 25 heavy (non-hydrogen) atoms. The van der Waals surface area contributed by atoms with E-state index in [1.807, 2.05) is 0 Å². The second-order valence-electron chi connectivity index (χ2n) is 6.00. The Bertz CT molecular complexity index is 725. The molecular formula is C17H18F3NO4. The minimum absolute atomic E-state index is 0.0968. The number of carbonyl (C=O) groups excluding carboxylic acids is 2. The molecule has 1 amide bonds. The SMILES string of the molecule is C=CCCN1C(=O)C(C)(C)Oc2cc(C(F)(F)F)c(C(=O)OC)cc21. The smallest absolute Gasteiger partial charge is 0.417 e. The molecule has 0 radical (unpaired) electrons. The van der Waals surface area contributed by atoms with Gasteiger partial charge in [0.1, 0.15) is 5.75 Å². The van der Waals surface area contributed by atoms with Crippen LogP contribution in [0.4, 0.5) is 18.9 Å². The molecule has 0 saturated carbocycles. The molecule has 0 unspecified atom stereocenters. The molecule has 0 bridgehead atoms. The van der Waals surface area contributed by atoms with Crippen molar-refractivity contribution in [2.75, 3.05) is 18.6 Å². The molecule has 0 aliphatic carbocycles. The summed E-state index contributed by atoms with van der Waals surface area (Å²) < 4.78 is 49.9. The number of halogens is 3. The monoisotopic (exact) mass is 357 g/mol. The third-order valence-electron chi connectivity index (χ3n) is 3.78. The van der Waals surface area contributed by atoms with Gasteiger partial charge in [0.15, 0.2) is 5.60 Å². The Labute approximate surface area is 143 Å². The highest BCUT2D eigenvalue weighted by Crippen LogP contribution is 2.44. The number of hydrogen-bond acceptors (Lipinski definition) is 4. The topological polar surface area (TPSA) is 55.8 Å². The van der Waals surface area contributed by atoms with E-state index in [4.69, 9.17) is 4.74 Å². The standard InChI is InChI=1S/C17H18F3NO4/c1-5-6-7-21-12-8-10(14(22)24-4)11(17(18,19)20)9-13(12)25-16(2,3)15(21)23/h5,8-9H,1,6-7H2,2-4H3. The van der Waals surface area contributed by atoms with Crippen molar-refractivity contribution in [1.82, 2.24) is 0 Å². The van der Waals surface area contributed by atoms with Gasteiger partial charge in [0.05, 0.1) is 23.9 Å². The fourth-order valence-electron chi connectivity index (χ4n) is 2.57. The molecule has 0 N–H and O–H groups in total. The van der Waals surface area contributed by atoms with Gasteiger partial charge in [0.2, 0.25) is 0 Å². The van der Waals surface area contributed by atoms with Crippen molar-refractivity contribution in [3.8, 4) is 5.75 Å². The maximum Gasteiger partial charge on any atom is 0.417 e. The minimum atomic E-state index is -4.78. The summed E-state index contributed by atoms with van der Waals surface area (Å²) in [4.78, 5) is 25.7. The van der Waals surface area contributed by atoms with Crippen LogP contribution in [0.2, 0.25) is 0 Å². The van der Waals surface area contributed by atoms with Gasteiger partial charge in [-0.15, -0.1) is 6.58 Å². The van der Waals surface area contributed by atoms with Crippen LogP contribution >= 0.6 is 0 Å². The summed E-state index contributed by atoms with van der Waals surface area (Å²) in [5, 5.41) is 0. The second-order valence-corrected chi connectivity index (χ2v) is 6.00. The molecule has 0 spiro atoms. The van der Waals surface area contributed by atoms with Gasteiger partial charge in [0.25, 0.3) is 5.91 Å². The number of methoxy groups -OCH3 is 1. The first-order chi connectivity index (χ1) is 11.5. The van der Waals surface area contributed by atoms with Crippen LogP contribution < -0.4 is 9.64 Å². The van der Waals surface area contributed by atoms with Gasteiger partial charge in [-0.3, -0.25) is 4.79 Å². The molecule has 0 atom stereocenters. The van der Waals surface area contributed by atoms with E-state index >= 15 is 0 Å². The fraction of sp³-hybridized carbons (Fsp3) is 0.412. The molecule has 2 rings (SSSR count). The average molecular weight is 357 g/mol. The van der Waals surface area contributed by atoms with Crippen molar-refractivity contribution in [2.45, 2.75) is 32.0 Å². The minimum Gasteiger partial charge on any atom is -0.476 e. The number of nitrogens with zero attached hydrogens (tertiary/aromatic N) is 1. The summed E-state index contributed by atoms with van der Waals surface area (Å²) in [6.07, 6.45) is -2.77. The van der Waals surface area contributed by atoms with Gasteiger partial charge >= 0.3 is 12.1 Å². The number of benzene rings is 1. The Morgan fingerprint density at radius 2 is 2.04 bits per heavy atom.